The van der Waals surface area contributed by atoms with Crippen LogP contribution in [0, 0.1) is 0 Å². The number of carboxylic acid groups (broad SMARTS) is 2. The van der Waals surface area contributed by atoms with Crippen LogP contribution in [0.25, 0.3) is 0 Å². The quantitative estimate of drug-likeness (QED) is 0.273. The molecule has 2 saturated heterocycles. The van der Waals surface area contributed by atoms with Crippen LogP contribution in [0.3, 0.4) is 0 Å². The van der Waals surface area contributed by atoms with Crippen LogP contribution in [0.5, 0.6) is 5.75 Å². The number of halogens is 5. The first-order valence-electron chi connectivity index (χ1n) is 14.4. The van der Waals surface area contributed by atoms with Crippen LogP contribution < -0.4 is 20.3 Å². The predicted octanol–water partition coefficient (Wildman–Crippen LogP) is 3.67. The van der Waals surface area contributed by atoms with Gasteiger partial charge in [-0.15, -0.1) is 0 Å². The third-order valence-electron chi connectivity index (χ3n) is 7.60. The summed E-state index contributed by atoms with van der Waals surface area (Å²) in [5, 5.41) is 34.3. The molecule has 0 saturated carbocycles. The van der Waals surface area contributed by atoms with E-state index < -0.39 is 29.8 Å². The van der Waals surface area contributed by atoms with Crippen molar-refractivity contribution in [2.75, 3.05) is 38.1 Å². The molecule has 2 heterocycles. The van der Waals surface area contributed by atoms with Gasteiger partial charge in [-0.25, -0.2) is 9.59 Å². The second-order valence-corrected chi connectivity index (χ2v) is 12.3. The SMILES string of the molecule is CNC(=O)c1cc(Cl)c(OC(C)(C)C(=O)O)cc1N1CC(NC2CCN(C(=O)c3ccc(Cl)cc3)CC2)[C@H](O)C1.O=C(O)C(F)(F)F. The first-order chi connectivity index (χ1) is 21.8. The fraction of sp³-hybridized carbons (Fsp3) is 0.467. The van der Waals surface area contributed by atoms with Gasteiger partial charge in [0, 0.05) is 55.9 Å². The molecule has 2 aromatic carbocycles. The second kappa shape index (κ2) is 15.4. The third kappa shape index (κ3) is 9.86. The van der Waals surface area contributed by atoms with Crippen LogP contribution in [0.1, 0.15) is 47.4 Å². The molecule has 0 spiro atoms. The van der Waals surface area contributed by atoms with E-state index in [2.05, 4.69) is 10.6 Å². The minimum absolute atomic E-state index is 0.0317. The predicted molar refractivity (Wildman–Crippen MR) is 166 cm³/mol. The zero-order valence-electron chi connectivity index (χ0n) is 25.6. The number of nitrogens with one attached hydrogen (secondary N) is 2. The number of rotatable bonds is 8. The number of amides is 2. The van der Waals surface area contributed by atoms with Crippen molar-refractivity contribution in [2.24, 2.45) is 0 Å². The van der Waals surface area contributed by atoms with Crippen molar-refractivity contribution in [3.8, 4) is 5.75 Å². The molecule has 4 rings (SSSR count). The lowest BCUT2D eigenvalue weighted by molar-refractivity contribution is -0.192. The van der Waals surface area contributed by atoms with Gasteiger partial charge in [0.05, 0.1) is 28.4 Å². The summed E-state index contributed by atoms with van der Waals surface area (Å²) in [6, 6.07) is 9.67. The molecule has 258 valence electrons. The highest BCUT2D eigenvalue weighted by Crippen LogP contribution is 2.37. The number of carbonyl (C=O) groups excluding carboxylic acids is 2. The van der Waals surface area contributed by atoms with Gasteiger partial charge in [-0.1, -0.05) is 23.2 Å². The third-order valence-corrected chi connectivity index (χ3v) is 8.14. The number of benzene rings is 2. The molecule has 2 atom stereocenters. The highest BCUT2D eigenvalue weighted by Gasteiger charge is 2.39. The molecule has 47 heavy (non-hydrogen) atoms. The lowest BCUT2D eigenvalue weighted by atomic mass is 10.0. The smallest absolute Gasteiger partial charge is 0.478 e. The average Bonchev–Trinajstić information content (AvgIpc) is 3.37. The fourth-order valence-corrected chi connectivity index (χ4v) is 5.32. The number of hydrogen-bond acceptors (Lipinski definition) is 8. The summed E-state index contributed by atoms with van der Waals surface area (Å²) >= 11 is 12.3. The van der Waals surface area contributed by atoms with Crippen LogP contribution in [0.15, 0.2) is 36.4 Å². The van der Waals surface area contributed by atoms with Crippen molar-refractivity contribution in [1.82, 2.24) is 15.5 Å². The van der Waals surface area contributed by atoms with Gasteiger partial charge in [-0.05, 0) is 57.0 Å². The van der Waals surface area contributed by atoms with Crippen molar-refractivity contribution in [1.29, 1.82) is 0 Å². The number of ether oxygens (including phenoxy) is 1. The average molecular weight is 708 g/mol. The number of piperidine rings is 1. The lowest BCUT2D eigenvalue weighted by Gasteiger charge is -2.34. The van der Waals surface area contributed by atoms with E-state index >= 15 is 0 Å². The minimum Gasteiger partial charge on any atom is -0.478 e. The first kappa shape index (κ1) is 37.7. The Morgan fingerprint density at radius 1 is 0.957 bits per heavy atom. The number of alkyl halides is 3. The van der Waals surface area contributed by atoms with Crippen molar-refractivity contribution in [3.05, 3.63) is 57.6 Å². The number of carbonyl (C=O) groups is 4. The molecular formula is C30H35Cl2F3N4O8. The largest absolute Gasteiger partial charge is 0.490 e. The first-order valence-corrected chi connectivity index (χ1v) is 15.1. The van der Waals surface area contributed by atoms with Gasteiger partial charge in [-0.3, -0.25) is 9.59 Å². The van der Waals surface area contributed by atoms with E-state index in [0.29, 0.717) is 35.9 Å². The minimum atomic E-state index is -5.08. The van der Waals surface area contributed by atoms with Crippen molar-refractivity contribution in [2.45, 2.75) is 56.7 Å². The van der Waals surface area contributed by atoms with E-state index in [-0.39, 0.29) is 46.8 Å². The maximum atomic E-state index is 12.8. The number of nitrogens with zero attached hydrogens (tertiary/aromatic N) is 2. The molecule has 17 heteroatoms. The Hall–Kier alpha value is -3.79. The van der Waals surface area contributed by atoms with Gasteiger partial charge in [0.2, 0.25) is 0 Å². The fourth-order valence-electron chi connectivity index (χ4n) is 4.99. The molecule has 2 aliphatic rings. The Labute approximate surface area is 278 Å². The Morgan fingerprint density at radius 3 is 2.04 bits per heavy atom. The molecule has 1 unspecified atom stereocenters. The number of aliphatic carboxylic acids is 2. The number of likely N-dealkylation sites (tertiary alicyclic amines) is 1. The highest BCUT2D eigenvalue weighted by atomic mass is 35.5. The number of β-amino-alcohol motifs (C(OH)–C–C–N with tert-alkyl or cyclic N) is 1. The Bertz CT molecular complexity index is 1470. The number of carboxylic acids is 2. The molecule has 2 aromatic rings. The van der Waals surface area contributed by atoms with E-state index in [1.807, 2.05) is 9.80 Å². The van der Waals surface area contributed by atoms with Crippen LogP contribution in [0.2, 0.25) is 10.0 Å². The maximum Gasteiger partial charge on any atom is 0.490 e. The summed E-state index contributed by atoms with van der Waals surface area (Å²) < 4.78 is 37.4. The summed E-state index contributed by atoms with van der Waals surface area (Å²) in [6.45, 7) is 4.64. The van der Waals surface area contributed by atoms with E-state index in [0.717, 1.165) is 12.8 Å². The second-order valence-electron chi connectivity index (χ2n) is 11.4. The summed E-state index contributed by atoms with van der Waals surface area (Å²) in [6.07, 6.45) is -4.34. The molecule has 0 bridgehead atoms. The lowest BCUT2D eigenvalue weighted by Crippen LogP contribution is -2.50. The molecule has 5 N–H and O–H groups in total. The number of aliphatic hydroxyl groups excluding tert-OH is 1. The Balaban J connectivity index is 0.000000771. The normalized spacial score (nSPS) is 18.7. The molecule has 2 amide bonds. The van der Waals surface area contributed by atoms with Crippen LogP contribution >= 0.6 is 23.2 Å². The Morgan fingerprint density at radius 2 is 1.53 bits per heavy atom. The van der Waals surface area contributed by atoms with Crippen LogP contribution in [-0.4, -0.2) is 107 Å². The molecule has 12 nitrogen and oxygen atoms in total. The van der Waals surface area contributed by atoms with Crippen LogP contribution in [0.4, 0.5) is 18.9 Å². The zero-order valence-corrected chi connectivity index (χ0v) is 27.1. The van der Waals surface area contributed by atoms with Gasteiger partial charge in [0.1, 0.15) is 5.75 Å². The monoisotopic (exact) mass is 706 g/mol. The van der Waals surface area contributed by atoms with Gasteiger partial charge in [-0.2, -0.15) is 13.2 Å². The maximum absolute atomic E-state index is 12.8. The van der Waals surface area contributed by atoms with E-state index in [4.69, 9.17) is 37.8 Å². The number of anilines is 1. The molecule has 2 fully saturated rings. The summed E-state index contributed by atoms with van der Waals surface area (Å²) in [7, 11) is 1.51. The molecular weight excluding hydrogens is 672 g/mol. The summed E-state index contributed by atoms with van der Waals surface area (Å²) in [5.41, 5.74) is -0.183. The zero-order chi connectivity index (χ0) is 35.3. The number of hydrogen-bond donors (Lipinski definition) is 5. The van der Waals surface area contributed by atoms with Crippen molar-refractivity contribution >= 4 is 52.6 Å². The molecule has 0 radical (unpaired) electrons. The number of aliphatic hydroxyl groups is 1. The van der Waals surface area contributed by atoms with Gasteiger partial charge < -0.3 is 40.5 Å². The Kier molecular flexibility index (Phi) is 12.3. The van der Waals surface area contributed by atoms with Crippen LogP contribution in [-0.2, 0) is 9.59 Å². The van der Waals surface area contributed by atoms with Gasteiger partial charge in [0.15, 0.2) is 5.60 Å². The van der Waals surface area contributed by atoms with Gasteiger partial charge in [0.25, 0.3) is 11.8 Å². The van der Waals surface area contributed by atoms with E-state index in [1.54, 1.807) is 30.3 Å². The standard InChI is InChI=1S/C28H34Cl2N4O6.C2HF3O2/c1-28(2,27(38)39)40-24-13-22(19(12-20(24)30)25(36)31-3)34-14-21(23(35)15-34)32-18-8-10-33(11-9-18)26(37)16-4-6-17(29)7-5-16;3-2(4,5)1(6)7/h4-7,12-13,18,21,23,32,35H,8-11,14-15H2,1-3H3,(H,31,36)(H,38,39);(H,6,7)/t21?,23-;/m1./s1. The topological polar surface area (TPSA) is 169 Å². The van der Waals surface area contributed by atoms with Crippen molar-refractivity contribution in [3.63, 3.8) is 0 Å². The summed E-state index contributed by atoms with van der Waals surface area (Å²) in [4.78, 5) is 49.7. The van der Waals surface area contributed by atoms with Crippen molar-refractivity contribution < 1.29 is 52.4 Å². The van der Waals surface area contributed by atoms with E-state index in [9.17, 15) is 37.8 Å². The highest BCUT2D eigenvalue weighted by molar-refractivity contribution is 6.32. The summed E-state index contributed by atoms with van der Waals surface area (Å²) in [5.74, 6) is -4.20. The molecule has 2 aliphatic heterocycles. The van der Waals surface area contributed by atoms with Gasteiger partial charge >= 0.3 is 18.1 Å². The van der Waals surface area contributed by atoms with E-state index in [1.165, 1.54) is 27.0 Å². The molecule has 0 aromatic heterocycles. The molecule has 0 aliphatic carbocycles.